The van der Waals surface area contributed by atoms with Crippen LogP contribution in [0.1, 0.15) is 49.9 Å². The maximum Gasteiger partial charge on any atom is 0.251 e. The van der Waals surface area contributed by atoms with Gasteiger partial charge in [0.2, 0.25) is 10.0 Å². The number of ether oxygens (including phenoxy) is 1. The molecule has 1 aromatic carbocycles. The van der Waals surface area contributed by atoms with Crippen LogP contribution >= 0.6 is 12.4 Å². The van der Waals surface area contributed by atoms with E-state index in [4.69, 9.17) is 10.5 Å². The first-order valence-corrected chi connectivity index (χ1v) is 9.98. The summed E-state index contributed by atoms with van der Waals surface area (Å²) in [5, 5.41) is 2.96. The van der Waals surface area contributed by atoms with Crippen molar-refractivity contribution in [1.29, 1.82) is 0 Å². The Morgan fingerprint density at radius 3 is 2.38 bits per heavy atom. The van der Waals surface area contributed by atoms with Crippen LogP contribution in [0.15, 0.2) is 23.1 Å². The molecular weight excluding hydrogens is 378 g/mol. The second kappa shape index (κ2) is 9.55. The number of halogens is 1. The summed E-state index contributed by atoms with van der Waals surface area (Å²) < 4.78 is 32.6. The van der Waals surface area contributed by atoms with Crippen LogP contribution in [0.3, 0.4) is 0 Å². The second-order valence-corrected chi connectivity index (χ2v) is 8.41. The lowest BCUT2D eigenvalue weighted by Gasteiger charge is -2.26. The van der Waals surface area contributed by atoms with Gasteiger partial charge in [0, 0.05) is 23.7 Å². The highest BCUT2D eigenvalue weighted by Crippen LogP contribution is 2.25. The topological polar surface area (TPSA) is 111 Å². The number of rotatable bonds is 6. The molecule has 1 aromatic rings. The molecule has 4 N–H and O–H groups in total. The average molecular weight is 406 g/mol. The summed E-state index contributed by atoms with van der Waals surface area (Å²) in [4.78, 5) is 12.5. The quantitative estimate of drug-likeness (QED) is 0.668. The van der Waals surface area contributed by atoms with Gasteiger partial charge in [-0.1, -0.05) is 0 Å². The number of nitrogens with one attached hydrogen (secondary N) is 2. The van der Waals surface area contributed by atoms with Crippen LogP contribution in [-0.4, -0.2) is 39.6 Å². The summed E-state index contributed by atoms with van der Waals surface area (Å²) in [6.07, 6.45) is 3.43. The lowest BCUT2D eigenvalue weighted by atomic mass is 9.91. The molecule has 2 rings (SSSR count). The number of hydrogen-bond donors (Lipinski definition) is 3. The molecule has 7 nitrogen and oxygen atoms in total. The summed E-state index contributed by atoms with van der Waals surface area (Å²) in [6, 6.07) is 4.43. The molecule has 0 aromatic heterocycles. The fraction of sp³-hybridized carbons (Fsp3) is 0.588. The zero-order valence-electron chi connectivity index (χ0n) is 15.3. The number of carbonyl (C=O) groups excluding carboxylic acids is 1. The molecule has 148 valence electrons. The molecule has 1 fully saturated rings. The number of hydrogen-bond acceptors (Lipinski definition) is 5. The minimum Gasteiger partial charge on any atom is -0.495 e. The molecule has 9 heteroatoms. The molecule has 1 saturated carbocycles. The van der Waals surface area contributed by atoms with E-state index in [0.29, 0.717) is 5.56 Å². The zero-order valence-corrected chi connectivity index (χ0v) is 17.0. The number of sulfonamides is 1. The van der Waals surface area contributed by atoms with Crippen molar-refractivity contribution in [3.63, 3.8) is 0 Å². The molecule has 0 heterocycles. The second-order valence-electron chi connectivity index (χ2n) is 6.73. The third-order valence-corrected chi connectivity index (χ3v) is 5.89. The first kappa shape index (κ1) is 22.7. The van der Waals surface area contributed by atoms with Crippen molar-refractivity contribution in [2.45, 2.75) is 62.6 Å². The third-order valence-electron chi connectivity index (χ3n) is 4.21. The van der Waals surface area contributed by atoms with Crippen molar-refractivity contribution in [2.24, 2.45) is 5.73 Å². The predicted octanol–water partition coefficient (Wildman–Crippen LogP) is 1.80. The standard InChI is InChI=1S/C17H27N3O4S.ClH/c1-11(2)20-25(22,23)16-10-12(4-9-15(16)24-3)17(21)19-14-7-5-13(18)6-8-14;/h4,9-11,13-14,20H,5-8,18H2,1-3H3,(H,19,21);1H. The van der Waals surface area contributed by atoms with E-state index >= 15 is 0 Å². The number of carbonyl (C=O) groups is 1. The van der Waals surface area contributed by atoms with Crippen molar-refractivity contribution in [1.82, 2.24) is 10.0 Å². The Labute approximate surface area is 161 Å². The van der Waals surface area contributed by atoms with Crippen molar-refractivity contribution >= 4 is 28.3 Å². The monoisotopic (exact) mass is 405 g/mol. The first-order chi connectivity index (χ1) is 11.7. The molecule has 0 aliphatic heterocycles. The molecule has 26 heavy (non-hydrogen) atoms. The van der Waals surface area contributed by atoms with E-state index in [1.165, 1.54) is 19.2 Å². The molecule has 0 unspecified atom stereocenters. The lowest BCUT2D eigenvalue weighted by Crippen LogP contribution is -2.40. The molecule has 0 radical (unpaired) electrons. The van der Waals surface area contributed by atoms with Crippen LogP contribution in [0.4, 0.5) is 0 Å². The molecule has 1 amide bonds. The van der Waals surface area contributed by atoms with Crippen molar-refractivity contribution in [3.05, 3.63) is 23.8 Å². The molecule has 1 aliphatic carbocycles. The van der Waals surface area contributed by atoms with Gasteiger partial charge in [0.1, 0.15) is 10.6 Å². The van der Waals surface area contributed by atoms with Crippen LogP contribution in [0.2, 0.25) is 0 Å². The Hall–Kier alpha value is -1.35. The SMILES string of the molecule is COc1ccc(C(=O)NC2CCC(N)CC2)cc1S(=O)(=O)NC(C)C.Cl. The van der Waals surface area contributed by atoms with Crippen molar-refractivity contribution in [2.75, 3.05) is 7.11 Å². The van der Waals surface area contributed by atoms with E-state index in [0.717, 1.165) is 25.7 Å². The van der Waals surface area contributed by atoms with Gasteiger partial charge in [-0.2, -0.15) is 0 Å². The largest absolute Gasteiger partial charge is 0.495 e. The van der Waals surface area contributed by atoms with Gasteiger partial charge in [0.25, 0.3) is 5.91 Å². The molecule has 0 bridgehead atoms. The van der Waals surface area contributed by atoms with Crippen molar-refractivity contribution < 1.29 is 17.9 Å². The summed E-state index contributed by atoms with van der Waals surface area (Å²) in [5.74, 6) is -0.0857. The van der Waals surface area contributed by atoms with Crippen LogP contribution < -0.4 is 20.5 Å². The predicted molar refractivity (Wildman–Crippen MR) is 103 cm³/mol. The fourth-order valence-electron chi connectivity index (χ4n) is 2.93. The zero-order chi connectivity index (χ0) is 18.6. The molecule has 0 saturated heterocycles. The first-order valence-electron chi connectivity index (χ1n) is 8.49. The van der Waals surface area contributed by atoms with Gasteiger partial charge in [-0.25, -0.2) is 13.1 Å². The van der Waals surface area contributed by atoms with E-state index in [1.54, 1.807) is 19.9 Å². The van der Waals surface area contributed by atoms with Crippen LogP contribution in [0.25, 0.3) is 0 Å². The maximum atomic E-state index is 12.5. The smallest absolute Gasteiger partial charge is 0.251 e. The van der Waals surface area contributed by atoms with Gasteiger partial charge >= 0.3 is 0 Å². The van der Waals surface area contributed by atoms with E-state index in [-0.39, 0.29) is 47.1 Å². The van der Waals surface area contributed by atoms with E-state index in [2.05, 4.69) is 10.0 Å². The molecular formula is C17H28ClN3O4S. The molecule has 0 atom stereocenters. The minimum absolute atomic E-state index is 0. The summed E-state index contributed by atoms with van der Waals surface area (Å²) in [7, 11) is -2.37. The number of amides is 1. The van der Waals surface area contributed by atoms with E-state index in [9.17, 15) is 13.2 Å². The summed E-state index contributed by atoms with van der Waals surface area (Å²) in [6.45, 7) is 3.46. The van der Waals surface area contributed by atoms with Crippen LogP contribution in [-0.2, 0) is 10.0 Å². The number of nitrogens with two attached hydrogens (primary N) is 1. The van der Waals surface area contributed by atoms with E-state index in [1.807, 2.05) is 0 Å². The summed E-state index contributed by atoms with van der Waals surface area (Å²) in [5.41, 5.74) is 6.17. The fourth-order valence-corrected chi connectivity index (χ4v) is 4.38. The van der Waals surface area contributed by atoms with Gasteiger partial charge in [0.05, 0.1) is 7.11 Å². The Morgan fingerprint density at radius 1 is 1.23 bits per heavy atom. The third kappa shape index (κ3) is 5.84. The Kier molecular flexibility index (Phi) is 8.33. The minimum atomic E-state index is -3.77. The highest BCUT2D eigenvalue weighted by molar-refractivity contribution is 7.89. The van der Waals surface area contributed by atoms with Gasteiger partial charge < -0.3 is 15.8 Å². The lowest BCUT2D eigenvalue weighted by molar-refractivity contribution is 0.0925. The van der Waals surface area contributed by atoms with E-state index < -0.39 is 10.0 Å². The maximum absolute atomic E-state index is 12.5. The molecule has 1 aliphatic rings. The Bertz CT molecular complexity index is 717. The summed E-state index contributed by atoms with van der Waals surface area (Å²) >= 11 is 0. The van der Waals surface area contributed by atoms with Crippen molar-refractivity contribution in [3.8, 4) is 5.75 Å². The Morgan fingerprint density at radius 2 is 1.85 bits per heavy atom. The van der Waals surface area contributed by atoms with Gasteiger partial charge in [-0.3, -0.25) is 4.79 Å². The average Bonchev–Trinajstić information content (AvgIpc) is 2.55. The van der Waals surface area contributed by atoms with Crippen LogP contribution in [0, 0.1) is 0 Å². The number of benzene rings is 1. The van der Waals surface area contributed by atoms with Crippen LogP contribution in [0.5, 0.6) is 5.75 Å². The highest BCUT2D eigenvalue weighted by Gasteiger charge is 2.24. The van der Waals surface area contributed by atoms with Gasteiger partial charge in [0.15, 0.2) is 0 Å². The highest BCUT2D eigenvalue weighted by atomic mass is 35.5. The van der Waals surface area contributed by atoms with Gasteiger partial charge in [-0.05, 0) is 57.7 Å². The molecule has 0 spiro atoms. The number of methoxy groups -OCH3 is 1. The normalized spacial score (nSPS) is 20.3. The van der Waals surface area contributed by atoms with Gasteiger partial charge in [-0.15, -0.1) is 12.4 Å². The Balaban J connectivity index is 0.00000338.